The second-order valence-electron chi connectivity index (χ2n) is 4.87. The van der Waals surface area contributed by atoms with Gasteiger partial charge in [0, 0.05) is 30.6 Å². The maximum Gasteiger partial charge on any atom is 0.222 e. The van der Waals surface area contributed by atoms with Gasteiger partial charge in [-0.25, -0.2) is 0 Å². The molecule has 0 radical (unpaired) electrons. The molecule has 1 heterocycles. The molecule has 1 atom stereocenters. The molecule has 0 saturated carbocycles. The molecule has 5 heteroatoms. The second-order valence-corrected chi connectivity index (χ2v) is 5.30. The Morgan fingerprint density at radius 2 is 2.05 bits per heavy atom. The van der Waals surface area contributed by atoms with Crippen LogP contribution in [0.5, 0.6) is 0 Å². The zero-order valence-corrected chi connectivity index (χ0v) is 12.4. The Bertz CT molecular complexity index is 408. The van der Waals surface area contributed by atoms with Crippen molar-refractivity contribution in [3.63, 3.8) is 0 Å². The van der Waals surface area contributed by atoms with Crippen LogP contribution in [0.4, 0.5) is 0 Å². The third kappa shape index (κ3) is 5.01. The van der Waals surface area contributed by atoms with Crippen molar-refractivity contribution in [1.82, 2.24) is 4.90 Å². The standard InChI is InChI=1S/C14H19ClN2O.ClH/c15-12-6-3-11(4-7-12)5-8-14(18)17-9-1-2-13(16)10-17;/h3-4,6-7,13H,1-2,5,8-10,16H2;1H. The lowest BCUT2D eigenvalue weighted by Crippen LogP contribution is -2.45. The minimum atomic E-state index is 0. The third-order valence-corrected chi connectivity index (χ3v) is 3.60. The van der Waals surface area contributed by atoms with E-state index in [4.69, 9.17) is 17.3 Å². The molecule has 0 aromatic heterocycles. The molecular formula is C14H20Cl2N2O. The van der Waals surface area contributed by atoms with Gasteiger partial charge in [-0.1, -0.05) is 23.7 Å². The van der Waals surface area contributed by atoms with Crippen LogP contribution in [0.3, 0.4) is 0 Å². The average Bonchev–Trinajstić information content (AvgIpc) is 2.38. The number of piperidine rings is 1. The van der Waals surface area contributed by atoms with E-state index < -0.39 is 0 Å². The Balaban J connectivity index is 0.00000180. The molecular weight excluding hydrogens is 283 g/mol. The molecule has 0 bridgehead atoms. The number of carbonyl (C=O) groups excluding carboxylic acids is 1. The number of rotatable bonds is 3. The predicted octanol–water partition coefficient (Wildman–Crippen LogP) is 2.64. The number of aryl methyl sites for hydroxylation is 1. The lowest BCUT2D eigenvalue weighted by atomic mass is 10.0. The summed E-state index contributed by atoms with van der Waals surface area (Å²) < 4.78 is 0. The van der Waals surface area contributed by atoms with E-state index in [1.54, 1.807) is 0 Å². The van der Waals surface area contributed by atoms with Crippen LogP contribution < -0.4 is 5.73 Å². The zero-order chi connectivity index (χ0) is 13.0. The molecule has 0 spiro atoms. The Labute approximate surface area is 125 Å². The first-order valence-electron chi connectivity index (χ1n) is 6.43. The van der Waals surface area contributed by atoms with Crippen molar-refractivity contribution in [2.45, 2.75) is 31.7 Å². The maximum atomic E-state index is 12.0. The van der Waals surface area contributed by atoms with Gasteiger partial charge >= 0.3 is 0 Å². The molecule has 19 heavy (non-hydrogen) atoms. The highest BCUT2D eigenvalue weighted by molar-refractivity contribution is 6.30. The summed E-state index contributed by atoms with van der Waals surface area (Å²) in [7, 11) is 0. The fraction of sp³-hybridized carbons (Fsp3) is 0.500. The normalized spacial score (nSPS) is 18.8. The van der Waals surface area contributed by atoms with Crippen LogP contribution in [0.1, 0.15) is 24.8 Å². The van der Waals surface area contributed by atoms with E-state index >= 15 is 0 Å². The summed E-state index contributed by atoms with van der Waals surface area (Å²) in [5.74, 6) is 0.208. The quantitative estimate of drug-likeness (QED) is 0.933. The SMILES string of the molecule is Cl.NC1CCCN(C(=O)CCc2ccc(Cl)cc2)C1. The molecule has 3 nitrogen and oxygen atoms in total. The minimum Gasteiger partial charge on any atom is -0.341 e. The summed E-state index contributed by atoms with van der Waals surface area (Å²) in [6, 6.07) is 7.81. The summed E-state index contributed by atoms with van der Waals surface area (Å²) in [6.45, 7) is 1.56. The van der Waals surface area contributed by atoms with Gasteiger partial charge in [0.15, 0.2) is 0 Å². The van der Waals surface area contributed by atoms with Gasteiger partial charge in [0.1, 0.15) is 0 Å². The second kappa shape index (κ2) is 7.73. The monoisotopic (exact) mass is 302 g/mol. The molecule has 1 saturated heterocycles. The topological polar surface area (TPSA) is 46.3 Å². The van der Waals surface area contributed by atoms with Gasteiger partial charge in [-0.05, 0) is 37.0 Å². The highest BCUT2D eigenvalue weighted by Crippen LogP contribution is 2.13. The molecule has 1 amide bonds. The zero-order valence-electron chi connectivity index (χ0n) is 10.8. The molecule has 106 valence electrons. The first kappa shape index (κ1) is 16.3. The van der Waals surface area contributed by atoms with Crippen LogP contribution >= 0.6 is 24.0 Å². The van der Waals surface area contributed by atoms with E-state index in [-0.39, 0.29) is 24.4 Å². The van der Waals surface area contributed by atoms with E-state index in [0.29, 0.717) is 13.0 Å². The first-order valence-corrected chi connectivity index (χ1v) is 6.81. The molecule has 1 aromatic carbocycles. The highest BCUT2D eigenvalue weighted by atomic mass is 35.5. The maximum absolute atomic E-state index is 12.0. The van der Waals surface area contributed by atoms with Gasteiger partial charge in [0.05, 0.1) is 0 Å². The summed E-state index contributed by atoms with van der Waals surface area (Å²) >= 11 is 5.82. The molecule has 1 aliphatic heterocycles. The van der Waals surface area contributed by atoms with Crippen molar-refractivity contribution in [3.8, 4) is 0 Å². The van der Waals surface area contributed by atoms with Gasteiger partial charge in [-0.2, -0.15) is 0 Å². The molecule has 1 aromatic rings. The first-order chi connectivity index (χ1) is 8.65. The van der Waals surface area contributed by atoms with Crippen molar-refractivity contribution in [2.24, 2.45) is 5.73 Å². The Morgan fingerprint density at radius 1 is 1.37 bits per heavy atom. The number of hydrogen-bond donors (Lipinski definition) is 1. The Morgan fingerprint density at radius 3 is 2.68 bits per heavy atom. The molecule has 2 N–H and O–H groups in total. The van der Waals surface area contributed by atoms with E-state index in [0.717, 1.165) is 36.4 Å². The summed E-state index contributed by atoms with van der Waals surface area (Å²) in [6.07, 6.45) is 3.37. The van der Waals surface area contributed by atoms with Crippen LogP contribution in [0.25, 0.3) is 0 Å². The molecule has 1 fully saturated rings. The largest absolute Gasteiger partial charge is 0.341 e. The lowest BCUT2D eigenvalue weighted by molar-refractivity contribution is -0.132. The third-order valence-electron chi connectivity index (χ3n) is 3.35. The number of benzene rings is 1. The lowest BCUT2D eigenvalue weighted by Gasteiger charge is -2.30. The number of likely N-dealkylation sites (tertiary alicyclic amines) is 1. The number of nitrogens with two attached hydrogens (primary N) is 1. The number of halogens is 2. The van der Waals surface area contributed by atoms with Gasteiger partial charge in [0.25, 0.3) is 0 Å². The number of carbonyl (C=O) groups is 1. The number of hydrogen-bond acceptors (Lipinski definition) is 2. The van der Waals surface area contributed by atoms with Crippen molar-refractivity contribution < 1.29 is 4.79 Å². The molecule has 2 rings (SSSR count). The molecule has 0 aliphatic carbocycles. The van der Waals surface area contributed by atoms with E-state index in [1.165, 1.54) is 0 Å². The predicted molar refractivity (Wildman–Crippen MR) is 80.8 cm³/mol. The van der Waals surface area contributed by atoms with E-state index in [1.807, 2.05) is 29.2 Å². The fourth-order valence-electron chi connectivity index (χ4n) is 2.30. The van der Waals surface area contributed by atoms with Gasteiger partial charge in [-0.3, -0.25) is 4.79 Å². The Kier molecular flexibility index (Phi) is 6.63. The van der Waals surface area contributed by atoms with Crippen LogP contribution in [0.2, 0.25) is 5.02 Å². The van der Waals surface area contributed by atoms with E-state index in [9.17, 15) is 4.79 Å². The minimum absolute atomic E-state index is 0. The Hall–Kier alpha value is -0.770. The van der Waals surface area contributed by atoms with Crippen LogP contribution in [0.15, 0.2) is 24.3 Å². The van der Waals surface area contributed by atoms with Gasteiger partial charge in [0.2, 0.25) is 5.91 Å². The van der Waals surface area contributed by atoms with E-state index in [2.05, 4.69) is 0 Å². The summed E-state index contributed by atoms with van der Waals surface area (Å²) in [5, 5.41) is 0.729. The van der Waals surface area contributed by atoms with Crippen molar-refractivity contribution in [1.29, 1.82) is 0 Å². The number of nitrogens with zero attached hydrogens (tertiary/aromatic N) is 1. The summed E-state index contributed by atoms with van der Waals surface area (Å²) in [4.78, 5) is 13.9. The van der Waals surface area contributed by atoms with Gasteiger partial charge in [-0.15, -0.1) is 12.4 Å². The van der Waals surface area contributed by atoms with Crippen molar-refractivity contribution in [2.75, 3.05) is 13.1 Å². The molecule has 1 unspecified atom stereocenters. The highest BCUT2D eigenvalue weighted by Gasteiger charge is 2.20. The van der Waals surface area contributed by atoms with Crippen LogP contribution in [-0.2, 0) is 11.2 Å². The smallest absolute Gasteiger partial charge is 0.222 e. The fourth-order valence-corrected chi connectivity index (χ4v) is 2.42. The average molecular weight is 303 g/mol. The van der Waals surface area contributed by atoms with Crippen LogP contribution in [0, 0.1) is 0 Å². The number of amides is 1. The summed E-state index contributed by atoms with van der Waals surface area (Å²) in [5.41, 5.74) is 7.03. The van der Waals surface area contributed by atoms with Gasteiger partial charge < -0.3 is 10.6 Å². The van der Waals surface area contributed by atoms with Crippen molar-refractivity contribution >= 4 is 29.9 Å². The molecule has 1 aliphatic rings. The van der Waals surface area contributed by atoms with Crippen LogP contribution in [-0.4, -0.2) is 29.9 Å². The van der Waals surface area contributed by atoms with Crippen molar-refractivity contribution in [3.05, 3.63) is 34.9 Å².